The molecule has 0 saturated heterocycles. The Morgan fingerprint density at radius 3 is 2.57 bits per heavy atom. The number of carbonyl (C=O) groups is 1. The van der Waals surface area contributed by atoms with Crippen molar-refractivity contribution in [3.63, 3.8) is 0 Å². The molecule has 14 heavy (non-hydrogen) atoms. The van der Waals surface area contributed by atoms with Crippen molar-refractivity contribution in [2.75, 3.05) is 6.61 Å². The molecular weight excluding hydrogens is 176 g/mol. The molecule has 0 aliphatic rings. The number of esters is 1. The van der Waals surface area contributed by atoms with E-state index in [1.54, 1.807) is 0 Å². The van der Waals surface area contributed by atoms with E-state index in [4.69, 9.17) is 4.74 Å². The third-order valence-corrected chi connectivity index (χ3v) is 1.95. The number of hydrogen-bond donors (Lipinski definition) is 0. The van der Waals surface area contributed by atoms with E-state index in [1.165, 1.54) is 0 Å². The molecule has 0 aromatic heterocycles. The Bertz CT molecular complexity index is 162. The molecule has 2 nitrogen and oxygen atoms in total. The highest BCUT2D eigenvalue weighted by atomic mass is 16.5. The topological polar surface area (TPSA) is 26.3 Å². The summed E-state index contributed by atoms with van der Waals surface area (Å²) in [6.07, 6.45) is 9.95. The minimum absolute atomic E-state index is 0.0698. The second-order valence-electron chi connectivity index (χ2n) is 3.40. The van der Waals surface area contributed by atoms with Gasteiger partial charge in [0.25, 0.3) is 0 Å². The number of unbranched alkanes of at least 4 members (excludes halogenated alkanes) is 3. The Labute approximate surface area is 87.3 Å². The maximum atomic E-state index is 11.1. The van der Waals surface area contributed by atoms with Crippen molar-refractivity contribution < 1.29 is 9.53 Å². The van der Waals surface area contributed by atoms with Crippen LogP contribution in [0.25, 0.3) is 0 Å². The number of hydrogen-bond acceptors (Lipinski definition) is 2. The van der Waals surface area contributed by atoms with Crippen LogP contribution in [0.1, 0.15) is 52.4 Å². The van der Waals surface area contributed by atoms with Crippen LogP contribution in [0, 0.1) is 0 Å². The molecule has 0 rings (SSSR count). The summed E-state index contributed by atoms with van der Waals surface area (Å²) in [7, 11) is 0. The van der Waals surface area contributed by atoms with E-state index in [0.29, 0.717) is 13.0 Å². The Hall–Kier alpha value is -0.790. The van der Waals surface area contributed by atoms with E-state index < -0.39 is 0 Å². The van der Waals surface area contributed by atoms with Crippen LogP contribution >= 0.6 is 0 Å². The van der Waals surface area contributed by atoms with Gasteiger partial charge in [-0.2, -0.15) is 0 Å². The lowest BCUT2D eigenvalue weighted by Gasteiger charge is -2.00. The summed E-state index contributed by atoms with van der Waals surface area (Å²) in [5.74, 6) is -0.0698. The summed E-state index contributed by atoms with van der Waals surface area (Å²) in [6.45, 7) is 4.69. The zero-order valence-corrected chi connectivity index (χ0v) is 9.42. The van der Waals surface area contributed by atoms with Crippen LogP contribution in [-0.2, 0) is 9.53 Å². The number of ether oxygens (including phenoxy) is 1. The lowest BCUT2D eigenvalue weighted by Crippen LogP contribution is -2.03. The minimum Gasteiger partial charge on any atom is -0.461 e. The highest BCUT2D eigenvalue weighted by molar-refractivity contribution is 5.69. The van der Waals surface area contributed by atoms with Crippen LogP contribution in [0.3, 0.4) is 0 Å². The molecule has 0 bridgehead atoms. The molecule has 0 unspecified atom stereocenters. The van der Waals surface area contributed by atoms with Gasteiger partial charge in [0.2, 0.25) is 0 Å². The lowest BCUT2D eigenvalue weighted by molar-refractivity contribution is -0.142. The molecule has 0 amide bonds. The zero-order chi connectivity index (χ0) is 10.6. The van der Waals surface area contributed by atoms with E-state index >= 15 is 0 Å². The van der Waals surface area contributed by atoms with Gasteiger partial charge in [0.1, 0.15) is 6.61 Å². The van der Waals surface area contributed by atoms with E-state index in [-0.39, 0.29) is 5.97 Å². The molecule has 0 aliphatic heterocycles. The van der Waals surface area contributed by atoms with Gasteiger partial charge in [0.05, 0.1) is 0 Å². The highest BCUT2D eigenvalue weighted by Gasteiger charge is 1.99. The summed E-state index contributed by atoms with van der Waals surface area (Å²) < 4.78 is 5.01. The monoisotopic (exact) mass is 198 g/mol. The molecule has 2 heteroatoms. The van der Waals surface area contributed by atoms with Crippen LogP contribution in [0.4, 0.5) is 0 Å². The fourth-order valence-corrected chi connectivity index (χ4v) is 1.09. The Morgan fingerprint density at radius 2 is 1.93 bits per heavy atom. The zero-order valence-electron chi connectivity index (χ0n) is 9.42. The number of rotatable bonds is 8. The molecule has 0 N–H and O–H groups in total. The number of allylic oxidation sites excluding steroid dienone is 1. The van der Waals surface area contributed by atoms with Gasteiger partial charge >= 0.3 is 5.97 Å². The van der Waals surface area contributed by atoms with Crippen molar-refractivity contribution in [3.05, 3.63) is 12.2 Å². The molecule has 0 saturated carbocycles. The van der Waals surface area contributed by atoms with Gasteiger partial charge in [-0.15, -0.1) is 0 Å². The van der Waals surface area contributed by atoms with Crippen molar-refractivity contribution in [2.45, 2.75) is 52.4 Å². The largest absolute Gasteiger partial charge is 0.461 e. The minimum atomic E-state index is -0.0698. The molecule has 82 valence electrons. The number of carbonyl (C=O) groups excluding carboxylic acids is 1. The highest BCUT2D eigenvalue weighted by Crippen LogP contribution is 2.00. The van der Waals surface area contributed by atoms with Crippen LogP contribution in [0.15, 0.2) is 12.2 Å². The fraction of sp³-hybridized carbons (Fsp3) is 0.750. The first kappa shape index (κ1) is 13.2. The summed E-state index contributed by atoms with van der Waals surface area (Å²) in [5.41, 5.74) is 0. The summed E-state index contributed by atoms with van der Waals surface area (Å²) in [6, 6.07) is 0. The van der Waals surface area contributed by atoms with Crippen LogP contribution < -0.4 is 0 Å². The van der Waals surface area contributed by atoms with Crippen molar-refractivity contribution in [1.82, 2.24) is 0 Å². The van der Waals surface area contributed by atoms with Crippen LogP contribution in [0.2, 0.25) is 0 Å². The molecule has 0 aromatic carbocycles. The van der Waals surface area contributed by atoms with E-state index in [9.17, 15) is 4.79 Å². The molecule has 0 radical (unpaired) electrons. The van der Waals surface area contributed by atoms with Crippen molar-refractivity contribution in [3.8, 4) is 0 Å². The molecule has 0 atom stereocenters. The molecule has 0 aromatic rings. The average Bonchev–Trinajstić information content (AvgIpc) is 2.18. The summed E-state index contributed by atoms with van der Waals surface area (Å²) in [5, 5.41) is 0. The van der Waals surface area contributed by atoms with Gasteiger partial charge in [-0.1, -0.05) is 45.3 Å². The summed E-state index contributed by atoms with van der Waals surface area (Å²) >= 11 is 0. The molecule has 0 heterocycles. The first-order valence-corrected chi connectivity index (χ1v) is 5.61. The molecule has 0 aliphatic carbocycles. The molecule has 0 fully saturated rings. The van der Waals surface area contributed by atoms with Gasteiger partial charge in [-0.3, -0.25) is 4.79 Å². The maximum absolute atomic E-state index is 11.1. The van der Waals surface area contributed by atoms with Gasteiger partial charge in [-0.25, -0.2) is 0 Å². The SMILES string of the molecule is CCC/C=C/COC(=O)CCCCC. The van der Waals surface area contributed by atoms with Crippen LogP contribution in [-0.4, -0.2) is 12.6 Å². The summed E-state index contributed by atoms with van der Waals surface area (Å²) in [4.78, 5) is 11.1. The Morgan fingerprint density at radius 1 is 1.14 bits per heavy atom. The fourth-order valence-electron chi connectivity index (χ4n) is 1.09. The van der Waals surface area contributed by atoms with Crippen molar-refractivity contribution in [1.29, 1.82) is 0 Å². The van der Waals surface area contributed by atoms with E-state index in [1.807, 2.05) is 6.08 Å². The van der Waals surface area contributed by atoms with Gasteiger partial charge in [-0.05, 0) is 12.8 Å². The Balaban J connectivity index is 3.26. The Kier molecular flexibility index (Phi) is 9.71. The van der Waals surface area contributed by atoms with Gasteiger partial charge in [0.15, 0.2) is 0 Å². The first-order chi connectivity index (χ1) is 6.81. The molecule has 0 spiro atoms. The van der Waals surface area contributed by atoms with Gasteiger partial charge in [0, 0.05) is 6.42 Å². The smallest absolute Gasteiger partial charge is 0.306 e. The average molecular weight is 198 g/mol. The standard InChI is InChI=1S/C12H22O2/c1-3-5-7-9-11-14-12(13)10-8-6-4-2/h7,9H,3-6,8,10-11H2,1-2H3/b9-7+. The third kappa shape index (κ3) is 9.30. The van der Waals surface area contributed by atoms with Crippen molar-refractivity contribution >= 4 is 5.97 Å². The third-order valence-electron chi connectivity index (χ3n) is 1.95. The van der Waals surface area contributed by atoms with E-state index in [0.717, 1.165) is 32.1 Å². The van der Waals surface area contributed by atoms with Crippen molar-refractivity contribution in [2.24, 2.45) is 0 Å². The van der Waals surface area contributed by atoms with Crippen LogP contribution in [0.5, 0.6) is 0 Å². The lowest BCUT2D eigenvalue weighted by atomic mass is 10.2. The predicted octanol–water partition coefficient (Wildman–Crippen LogP) is 3.47. The van der Waals surface area contributed by atoms with Gasteiger partial charge < -0.3 is 4.74 Å². The predicted molar refractivity (Wildman–Crippen MR) is 59.1 cm³/mol. The maximum Gasteiger partial charge on any atom is 0.306 e. The quantitative estimate of drug-likeness (QED) is 0.339. The van der Waals surface area contributed by atoms with E-state index in [2.05, 4.69) is 19.9 Å². The molecular formula is C12H22O2. The normalized spacial score (nSPS) is 10.7. The second kappa shape index (κ2) is 10.3. The second-order valence-corrected chi connectivity index (χ2v) is 3.40. The first-order valence-electron chi connectivity index (χ1n) is 5.61.